The molecule has 0 spiro atoms. The van der Waals surface area contributed by atoms with Gasteiger partial charge in [-0.15, -0.1) is 11.3 Å². The second-order valence-electron chi connectivity index (χ2n) is 3.82. The molecule has 0 aliphatic carbocycles. The van der Waals surface area contributed by atoms with Gasteiger partial charge in [-0.3, -0.25) is 0 Å². The van der Waals surface area contributed by atoms with Crippen LogP contribution >= 0.6 is 33.9 Å². The Labute approximate surface area is 114 Å². The molecular formula is C9H15IN2O2S2. The maximum Gasteiger partial charge on any atom is 0.251 e. The lowest BCUT2D eigenvalue weighted by molar-refractivity contribution is 0.486. The maximum atomic E-state index is 12.0. The predicted molar refractivity (Wildman–Crippen MR) is 74.7 cm³/mol. The van der Waals surface area contributed by atoms with E-state index in [-0.39, 0.29) is 12.0 Å². The van der Waals surface area contributed by atoms with Gasteiger partial charge in [-0.25, -0.2) is 18.1 Å². The van der Waals surface area contributed by atoms with Crippen molar-refractivity contribution in [2.24, 2.45) is 5.92 Å². The molecule has 1 N–H and O–H groups in total. The number of nitrogens with zero attached hydrogens (tertiary/aromatic N) is 1. The summed E-state index contributed by atoms with van der Waals surface area (Å²) >= 11 is 3.38. The summed E-state index contributed by atoms with van der Waals surface area (Å²) in [5.74, 6) is 0.278. The van der Waals surface area contributed by atoms with Gasteiger partial charge in [-0.2, -0.15) is 0 Å². The van der Waals surface area contributed by atoms with Gasteiger partial charge in [-0.05, 0) is 12.8 Å². The smallest absolute Gasteiger partial charge is 0.249 e. The van der Waals surface area contributed by atoms with Crippen LogP contribution in [0.15, 0.2) is 10.4 Å². The minimum atomic E-state index is -3.39. The first-order valence-corrected chi connectivity index (χ1v) is 8.70. The number of hydrogen-bond donors (Lipinski definition) is 1. The van der Waals surface area contributed by atoms with Gasteiger partial charge >= 0.3 is 0 Å². The summed E-state index contributed by atoms with van der Waals surface area (Å²) in [4.78, 5) is 3.96. The zero-order valence-electron chi connectivity index (χ0n) is 9.40. The minimum absolute atomic E-state index is 0.0343. The lowest BCUT2D eigenvalue weighted by Crippen LogP contribution is -2.39. The van der Waals surface area contributed by atoms with E-state index in [9.17, 15) is 8.42 Å². The Balaban J connectivity index is 2.87. The standard InChI is InChI=1S/C9H15IN2O2S2/c1-6(2)8(4-10)12-16(13,14)9-5-11-7(3)15-9/h5-6,8,12H,4H2,1-3H3. The molecule has 92 valence electrons. The predicted octanol–water partition coefficient (Wildman–Crippen LogP) is 2.19. The number of thiazole rings is 1. The summed E-state index contributed by atoms with van der Waals surface area (Å²) in [5.41, 5.74) is 0. The number of aryl methyl sites for hydroxylation is 1. The van der Waals surface area contributed by atoms with Crippen LogP contribution in [-0.2, 0) is 10.0 Å². The van der Waals surface area contributed by atoms with Crippen molar-refractivity contribution in [2.45, 2.75) is 31.0 Å². The van der Waals surface area contributed by atoms with Gasteiger partial charge in [0.15, 0.2) is 4.21 Å². The highest BCUT2D eigenvalue weighted by Crippen LogP contribution is 2.19. The van der Waals surface area contributed by atoms with E-state index in [4.69, 9.17) is 0 Å². The number of hydrogen-bond acceptors (Lipinski definition) is 4. The monoisotopic (exact) mass is 374 g/mol. The highest BCUT2D eigenvalue weighted by Gasteiger charge is 2.23. The Bertz CT molecular complexity index is 442. The van der Waals surface area contributed by atoms with Crippen LogP contribution in [0.2, 0.25) is 0 Å². The average molecular weight is 374 g/mol. The van der Waals surface area contributed by atoms with Crippen molar-refractivity contribution in [1.82, 2.24) is 9.71 Å². The van der Waals surface area contributed by atoms with Crippen LogP contribution in [0.4, 0.5) is 0 Å². The average Bonchev–Trinajstić information content (AvgIpc) is 2.61. The van der Waals surface area contributed by atoms with Crippen molar-refractivity contribution in [2.75, 3.05) is 4.43 Å². The highest BCUT2D eigenvalue weighted by molar-refractivity contribution is 14.1. The molecule has 4 nitrogen and oxygen atoms in total. The van der Waals surface area contributed by atoms with Gasteiger partial charge < -0.3 is 0 Å². The number of rotatable bonds is 5. The fourth-order valence-corrected chi connectivity index (χ4v) is 5.11. The molecule has 16 heavy (non-hydrogen) atoms. The Hall–Kier alpha value is 0.270. The number of halogens is 1. The molecule has 0 fully saturated rings. The van der Waals surface area contributed by atoms with Crippen LogP contribution in [-0.4, -0.2) is 23.9 Å². The third-order valence-corrected chi connectivity index (χ3v) is 5.96. The molecule has 0 amide bonds. The quantitative estimate of drug-likeness (QED) is 0.635. The molecule has 0 saturated heterocycles. The van der Waals surface area contributed by atoms with E-state index in [0.717, 1.165) is 9.44 Å². The lowest BCUT2D eigenvalue weighted by Gasteiger charge is -2.18. The fraction of sp³-hybridized carbons (Fsp3) is 0.667. The Morgan fingerprint density at radius 1 is 1.56 bits per heavy atom. The van der Waals surface area contributed by atoms with Crippen LogP contribution in [0, 0.1) is 12.8 Å². The zero-order valence-corrected chi connectivity index (χ0v) is 13.2. The second kappa shape index (κ2) is 5.74. The van der Waals surface area contributed by atoms with E-state index in [1.165, 1.54) is 17.5 Å². The Morgan fingerprint density at radius 2 is 2.19 bits per heavy atom. The van der Waals surface area contributed by atoms with Crippen molar-refractivity contribution >= 4 is 44.0 Å². The van der Waals surface area contributed by atoms with Crippen molar-refractivity contribution in [1.29, 1.82) is 0 Å². The van der Waals surface area contributed by atoms with Gasteiger partial charge in [-0.1, -0.05) is 36.4 Å². The van der Waals surface area contributed by atoms with Gasteiger partial charge in [0.1, 0.15) is 0 Å². The normalized spacial score (nSPS) is 14.3. The molecule has 0 radical (unpaired) electrons. The highest BCUT2D eigenvalue weighted by atomic mass is 127. The van der Waals surface area contributed by atoms with Crippen LogP contribution in [0.3, 0.4) is 0 Å². The van der Waals surface area contributed by atoms with Crippen LogP contribution < -0.4 is 4.72 Å². The summed E-state index contributed by atoms with van der Waals surface area (Å²) in [6.07, 6.45) is 1.41. The maximum absolute atomic E-state index is 12.0. The third kappa shape index (κ3) is 3.64. The SMILES string of the molecule is Cc1ncc(S(=O)(=O)NC(CI)C(C)C)s1. The molecular weight excluding hydrogens is 359 g/mol. The first-order valence-electron chi connectivity index (χ1n) is 4.87. The summed E-state index contributed by atoms with van der Waals surface area (Å²) in [5, 5.41) is 0.760. The van der Waals surface area contributed by atoms with Crippen molar-refractivity contribution in [3.05, 3.63) is 11.2 Å². The van der Waals surface area contributed by atoms with Crippen molar-refractivity contribution < 1.29 is 8.42 Å². The lowest BCUT2D eigenvalue weighted by atomic mass is 10.1. The molecule has 1 rings (SSSR count). The van der Waals surface area contributed by atoms with Crippen molar-refractivity contribution in [3.63, 3.8) is 0 Å². The fourth-order valence-electron chi connectivity index (χ4n) is 1.07. The van der Waals surface area contributed by atoms with Crippen LogP contribution in [0.1, 0.15) is 18.9 Å². The number of aromatic nitrogens is 1. The number of sulfonamides is 1. The molecule has 7 heteroatoms. The number of alkyl halides is 1. The summed E-state index contributed by atoms with van der Waals surface area (Å²) in [6, 6.07) is -0.0343. The third-order valence-electron chi connectivity index (χ3n) is 2.14. The molecule has 0 bridgehead atoms. The summed E-state index contributed by atoms with van der Waals surface area (Å²) < 4.78 is 27.7. The molecule has 0 aliphatic rings. The second-order valence-corrected chi connectivity index (χ2v) is 7.88. The minimum Gasteiger partial charge on any atom is -0.249 e. The zero-order chi connectivity index (χ0) is 12.3. The molecule has 0 saturated carbocycles. The van der Waals surface area contributed by atoms with Crippen molar-refractivity contribution in [3.8, 4) is 0 Å². The number of nitrogens with one attached hydrogen (secondary N) is 1. The van der Waals surface area contributed by atoms with E-state index in [1.54, 1.807) is 6.92 Å². The summed E-state index contributed by atoms with van der Waals surface area (Å²) in [7, 11) is -3.39. The van der Waals surface area contributed by atoms with Gasteiger partial charge in [0.05, 0.1) is 11.2 Å². The molecule has 1 aromatic heterocycles. The first kappa shape index (κ1) is 14.3. The summed E-state index contributed by atoms with van der Waals surface area (Å²) in [6.45, 7) is 5.80. The Morgan fingerprint density at radius 3 is 2.56 bits per heavy atom. The van der Waals surface area contributed by atoms with Crippen LogP contribution in [0.25, 0.3) is 0 Å². The Kier molecular flexibility index (Phi) is 5.14. The van der Waals surface area contributed by atoms with E-state index in [2.05, 4.69) is 32.3 Å². The van der Waals surface area contributed by atoms with E-state index >= 15 is 0 Å². The van der Waals surface area contributed by atoms with E-state index < -0.39 is 10.0 Å². The molecule has 0 aliphatic heterocycles. The molecule has 1 unspecified atom stereocenters. The van der Waals surface area contributed by atoms with E-state index in [1.807, 2.05) is 13.8 Å². The van der Waals surface area contributed by atoms with Gasteiger partial charge in [0.25, 0.3) is 10.0 Å². The van der Waals surface area contributed by atoms with Gasteiger partial charge in [0, 0.05) is 10.5 Å². The molecule has 1 aromatic rings. The molecule has 1 atom stereocenters. The van der Waals surface area contributed by atoms with Crippen LogP contribution in [0.5, 0.6) is 0 Å². The van der Waals surface area contributed by atoms with E-state index in [0.29, 0.717) is 4.21 Å². The molecule has 0 aromatic carbocycles. The largest absolute Gasteiger partial charge is 0.251 e. The first-order chi connectivity index (χ1) is 7.36. The van der Waals surface area contributed by atoms with Gasteiger partial charge in [0.2, 0.25) is 0 Å². The topological polar surface area (TPSA) is 59.1 Å². The molecule has 1 heterocycles.